The van der Waals surface area contributed by atoms with Crippen molar-refractivity contribution in [1.29, 1.82) is 0 Å². The fourth-order valence-corrected chi connectivity index (χ4v) is 2.40. The standard InChI is InChI=1S/C5H11S.ClH/c1-6-4-2-3-5-6;/h2-5H2,1H3;1H/q+1;/p-1. The van der Waals surface area contributed by atoms with Crippen LogP contribution in [0.15, 0.2) is 0 Å². The van der Waals surface area contributed by atoms with E-state index in [1.165, 1.54) is 24.3 Å². The second kappa shape index (κ2) is 3.62. The van der Waals surface area contributed by atoms with Crippen LogP contribution in [0.2, 0.25) is 0 Å². The quantitative estimate of drug-likeness (QED) is 0.341. The van der Waals surface area contributed by atoms with E-state index in [-0.39, 0.29) is 12.4 Å². The van der Waals surface area contributed by atoms with E-state index in [1.807, 2.05) is 0 Å². The fourth-order valence-electron chi connectivity index (χ4n) is 0.799. The zero-order chi connectivity index (χ0) is 4.41. The Hall–Kier alpha value is 0.640. The molecule has 1 heterocycles. The molecule has 1 aliphatic heterocycles. The van der Waals surface area contributed by atoms with Gasteiger partial charge in [0.15, 0.2) is 0 Å². The van der Waals surface area contributed by atoms with Gasteiger partial charge in [-0.1, -0.05) is 0 Å². The molecule has 0 radical (unpaired) electrons. The van der Waals surface area contributed by atoms with Crippen molar-refractivity contribution in [2.24, 2.45) is 0 Å². The third-order valence-corrected chi connectivity index (χ3v) is 3.21. The summed E-state index contributed by atoms with van der Waals surface area (Å²) in [5.74, 6) is 3.03. The minimum Gasteiger partial charge on any atom is -1.00 e. The highest BCUT2D eigenvalue weighted by Gasteiger charge is 2.16. The van der Waals surface area contributed by atoms with E-state index < -0.39 is 0 Å². The largest absolute Gasteiger partial charge is 1.00 e. The number of hydrogen-bond acceptors (Lipinski definition) is 0. The van der Waals surface area contributed by atoms with Crippen molar-refractivity contribution >= 4 is 10.9 Å². The van der Waals surface area contributed by atoms with Crippen LogP contribution in [0.5, 0.6) is 0 Å². The molecular weight excluding hydrogens is 128 g/mol. The van der Waals surface area contributed by atoms with Crippen molar-refractivity contribution in [2.45, 2.75) is 12.8 Å². The van der Waals surface area contributed by atoms with E-state index in [1.54, 1.807) is 0 Å². The number of rotatable bonds is 0. The predicted molar refractivity (Wildman–Crippen MR) is 32.3 cm³/mol. The highest BCUT2D eigenvalue weighted by Crippen LogP contribution is 2.08. The fraction of sp³-hybridized carbons (Fsp3) is 1.00. The van der Waals surface area contributed by atoms with Gasteiger partial charge in [-0.05, 0) is 23.7 Å². The van der Waals surface area contributed by atoms with Gasteiger partial charge in [-0.3, -0.25) is 0 Å². The smallest absolute Gasteiger partial charge is 0.108 e. The molecular formula is C5H11ClS. The van der Waals surface area contributed by atoms with Crippen LogP contribution < -0.4 is 12.4 Å². The van der Waals surface area contributed by atoms with Crippen molar-refractivity contribution in [2.75, 3.05) is 17.8 Å². The van der Waals surface area contributed by atoms with Gasteiger partial charge >= 0.3 is 0 Å². The van der Waals surface area contributed by atoms with Gasteiger partial charge in [-0.15, -0.1) is 0 Å². The summed E-state index contributed by atoms with van der Waals surface area (Å²) in [5, 5.41) is 0. The highest BCUT2D eigenvalue weighted by molar-refractivity contribution is 7.96. The van der Waals surface area contributed by atoms with Crippen molar-refractivity contribution in [3.63, 3.8) is 0 Å². The summed E-state index contributed by atoms with van der Waals surface area (Å²) in [5.41, 5.74) is 0. The summed E-state index contributed by atoms with van der Waals surface area (Å²) in [7, 11) is 0.827. The summed E-state index contributed by atoms with van der Waals surface area (Å²) in [6, 6.07) is 0. The molecule has 7 heavy (non-hydrogen) atoms. The molecule has 1 aliphatic rings. The molecule has 0 atom stereocenters. The lowest BCUT2D eigenvalue weighted by Crippen LogP contribution is -3.00. The highest BCUT2D eigenvalue weighted by atomic mass is 35.5. The lowest BCUT2D eigenvalue weighted by molar-refractivity contribution is -0.00000135. The maximum atomic E-state index is 2.37. The van der Waals surface area contributed by atoms with Crippen molar-refractivity contribution in [3.8, 4) is 0 Å². The zero-order valence-electron chi connectivity index (χ0n) is 4.61. The van der Waals surface area contributed by atoms with Gasteiger partial charge in [0.05, 0.1) is 6.26 Å². The van der Waals surface area contributed by atoms with Gasteiger partial charge in [-0.2, -0.15) is 0 Å². The third kappa shape index (κ3) is 2.45. The molecule has 44 valence electrons. The Kier molecular flexibility index (Phi) is 3.95. The van der Waals surface area contributed by atoms with Gasteiger partial charge in [0.1, 0.15) is 11.5 Å². The van der Waals surface area contributed by atoms with E-state index in [9.17, 15) is 0 Å². The van der Waals surface area contributed by atoms with Crippen molar-refractivity contribution < 1.29 is 12.4 Å². The first-order chi connectivity index (χ1) is 2.89. The Morgan fingerprint density at radius 2 is 1.57 bits per heavy atom. The van der Waals surface area contributed by atoms with Crippen molar-refractivity contribution in [1.82, 2.24) is 0 Å². The SMILES string of the molecule is C[S+]1CCCC1.[Cl-]. The molecule has 0 aromatic rings. The molecule has 0 nitrogen and oxygen atoms in total. The third-order valence-electron chi connectivity index (χ3n) is 1.24. The Bertz CT molecular complexity index is 41.3. The maximum absolute atomic E-state index is 2.37. The molecule has 0 amide bonds. The minimum atomic E-state index is 0. The van der Waals surface area contributed by atoms with E-state index >= 15 is 0 Å². The Morgan fingerprint density at radius 3 is 1.71 bits per heavy atom. The van der Waals surface area contributed by atoms with Crippen LogP contribution in [0.1, 0.15) is 12.8 Å². The second-order valence-electron chi connectivity index (χ2n) is 1.90. The summed E-state index contributed by atoms with van der Waals surface area (Å²) in [6.45, 7) is 0. The van der Waals surface area contributed by atoms with E-state index in [4.69, 9.17) is 0 Å². The first-order valence-electron chi connectivity index (χ1n) is 2.49. The molecule has 0 N–H and O–H groups in total. The van der Waals surface area contributed by atoms with E-state index in [2.05, 4.69) is 6.26 Å². The minimum absolute atomic E-state index is 0. The molecule has 0 aromatic carbocycles. The molecule has 2 heteroatoms. The van der Waals surface area contributed by atoms with Gasteiger partial charge in [0, 0.05) is 0 Å². The monoisotopic (exact) mass is 138 g/mol. The van der Waals surface area contributed by atoms with Crippen LogP contribution in [0, 0.1) is 0 Å². The number of hydrogen-bond donors (Lipinski definition) is 0. The van der Waals surface area contributed by atoms with Crippen LogP contribution in [-0.4, -0.2) is 17.8 Å². The lowest BCUT2D eigenvalue weighted by atomic mass is 10.4. The van der Waals surface area contributed by atoms with Gasteiger partial charge in [-0.25, -0.2) is 0 Å². The molecule has 0 unspecified atom stereocenters. The average Bonchev–Trinajstić information content (AvgIpc) is 1.86. The maximum Gasteiger partial charge on any atom is 0.108 e. The molecule has 0 bridgehead atoms. The van der Waals surface area contributed by atoms with Crippen LogP contribution in [0.4, 0.5) is 0 Å². The Balaban J connectivity index is 0.000000360. The first-order valence-corrected chi connectivity index (χ1v) is 4.46. The van der Waals surface area contributed by atoms with Gasteiger partial charge < -0.3 is 12.4 Å². The summed E-state index contributed by atoms with van der Waals surface area (Å²) < 4.78 is 0. The molecule has 1 saturated heterocycles. The normalized spacial score (nSPS) is 21.9. The molecule has 0 aliphatic carbocycles. The molecule has 1 rings (SSSR count). The first kappa shape index (κ1) is 7.64. The number of halogens is 1. The van der Waals surface area contributed by atoms with Crippen LogP contribution in [0.25, 0.3) is 0 Å². The molecule has 1 fully saturated rings. The predicted octanol–water partition coefficient (Wildman–Crippen LogP) is -1.97. The van der Waals surface area contributed by atoms with Gasteiger partial charge in [0.25, 0.3) is 0 Å². The van der Waals surface area contributed by atoms with Crippen molar-refractivity contribution in [3.05, 3.63) is 0 Å². The topological polar surface area (TPSA) is 0 Å². The summed E-state index contributed by atoms with van der Waals surface area (Å²) in [6.07, 6.45) is 5.37. The average molecular weight is 139 g/mol. The molecule has 0 saturated carbocycles. The Labute approximate surface area is 54.4 Å². The lowest BCUT2D eigenvalue weighted by Gasteiger charge is -1.81. The Morgan fingerprint density at radius 1 is 1.14 bits per heavy atom. The van der Waals surface area contributed by atoms with Gasteiger partial charge in [0.2, 0.25) is 0 Å². The van der Waals surface area contributed by atoms with Crippen LogP contribution in [-0.2, 0) is 10.9 Å². The molecule has 0 aromatic heterocycles. The van der Waals surface area contributed by atoms with Crippen LogP contribution >= 0.6 is 0 Å². The molecule has 0 spiro atoms. The van der Waals surface area contributed by atoms with Crippen LogP contribution in [0.3, 0.4) is 0 Å². The van der Waals surface area contributed by atoms with E-state index in [0.717, 1.165) is 10.9 Å². The summed E-state index contributed by atoms with van der Waals surface area (Å²) in [4.78, 5) is 0. The van der Waals surface area contributed by atoms with E-state index in [0.29, 0.717) is 0 Å². The zero-order valence-corrected chi connectivity index (χ0v) is 6.19. The second-order valence-corrected chi connectivity index (χ2v) is 4.28. The summed E-state index contributed by atoms with van der Waals surface area (Å²) >= 11 is 0.